The van der Waals surface area contributed by atoms with Gasteiger partial charge in [0.25, 0.3) is 0 Å². The third-order valence-electron chi connectivity index (χ3n) is 3.64. The van der Waals surface area contributed by atoms with Gasteiger partial charge in [-0.3, -0.25) is 4.79 Å². The first-order valence-corrected chi connectivity index (χ1v) is 9.79. The highest BCUT2D eigenvalue weighted by Gasteiger charge is 1.96. The Morgan fingerprint density at radius 3 is 1.65 bits per heavy atom. The van der Waals surface area contributed by atoms with Crippen LogP contribution < -0.4 is 5.73 Å². The number of thioether (sulfide) groups is 1. The fraction of sp³-hybridized carbons (Fsp3) is 0.941. The molecule has 0 radical (unpaired) electrons. The average molecular weight is 302 g/mol. The first kappa shape index (κ1) is 19.8. The minimum absolute atomic E-state index is 0.174. The minimum atomic E-state index is -0.174. The van der Waals surface area contributed by atoms with Crippen LogP contribution in [-0.4, -0.2) is 17.4 Å². The minimum Gasteiger partial charge on any atom is -0.370 e. The summed E-state index contributed by atoms with van der Waals surface area (Å²) in [5.74, 6) is 1.91. The van der Waals surface area contributed by atoms with Gasteiger partial charge in [0.2, 0.25) is 5.91 Å². The Bertz CT molecular complexity index is 209. The maximum atomic E-state index is 10.5. The van der Waals surface area contributed by atoms with Gasteiger partial charge in [-0.25, -0.2) is 0 Å². The number of carbonyl (C=O) groups is 1. The molecule has 0 rings (SSSR count). The molecule has 120 valence electrons. The molecule has 0 spiro atoms. The van der Waals surface area contributed by atoms with E-state index >= 15 is 0 Å². The molecule has 0 aliphatic carbocycles. The highest BCUT2D eigenvalue weighted by molar-refractivity contribution is 7.99. The second-order valence-corrected chi connectivity index (χ2v) is 6.94. The smallest absolute Gasteiger partial charge is 0.218 e. The van der Waals surface area contributed by atoms with Crippen LogP contribution in [0.5, 0.6) is 0 Å². The molecule has 1 amide bonds. The van der Waals surface area contributed by atoms with Crippen molar-refractivity contribution in [3.8, 4) is 0 Å². The molecule has 3 heteroatoms. The number of hydrogen-bond donors (Lipinski definition) is 1. The number of nitrogens with two attached hydrogens (primary N) is 1. The Hall–Kier alpha value is -0.180. The van der Waals surface area contributed by atoms with Crippen molar-refractivity contribution < 1.29 is 4.79 Å². The molecule has 0 aromatic carbocycles. The Labute approximate surface area is 130 Å². The molecule has 0 saturated heterocycles. The summed E-state index contributed by atoms with van der Waals surface area (Å²) in [6.07, 6.45) is 17.3. The van der Waals surface area contributed by atoms with Gasteiger partial charge in [-0.2, -0.15) is 11.8 Å². The van der Waals surface area contributed by atoms with Crippen molar-refractivity contribution in [3.05, 3.63) is 0 Å². The lowest BCUT2D eigenvalue weighted by Crippen LogP contribution is -2.11. The van der Waals surface area contributed by atoms with E-state index < -0.39 is 0 Å². The number of unbranched alkanes of at least 4 members (excludes halogenated alkanes) is 11. The van der Waals surface area contributed by atoms with E-state index in [0.717, 1.165) is 5.75 Å². The van der Waals surface area contributed by atoms with Gasteiger partial charge < -0.3 is 5.73 Å². The summed E-state index contributed by atoms with van der Waals surface area (Å²) >= 11 is 1.86. The molecule has 2 N–H and O–H groups in total. The van der Waals surface area contributed by atoms with Crippen LogP contribution >= 0.6 is 11.8 Å². The fourth-order valence-corrected chi connectivity index (χ4v) is 3.28. The van der Waals surface area contributed by atoms with Crippen LogP contribution in [0.2, 0.25) is 0 Å². The zero-order valence-corrected chi connectivity index (χ0v) is 14.3. The second kappa shape index (κ2) is 16.9. The Kier molecular flexibility index (Phi) is 16.7. The zero-order chi connectivity index (χ0) is 14.9. The van der Waals surface area contributed by atoms with Gasteiger partial charge in [0.05, 0.1) is 0 Å². The van der Waals surface area contributed by atoms with Crippen molar-refractivity contribution in [3.63, 3.8) is 0 Å². The first-order valence-electron chi connectivity index (χ1n) is 8.63. The maximum Gasteiger partial charge on any atom is 0.218 e. The van der Waals surface area contributed by atoms with Gasteiger partial charge in [0.1, 0.15) is 0 Å². The highest BCUT2D eigenvalue weighted by Crippen LogP contribution is 2.13. The zero-order valence-electron chi connectivity index (χ0n) is 13.5. The van der Waals surface area contributed by atoms with Crippen LogP contribution in [0.4, 0.5) is 0 Å². The summed E-state index contributed by atoms with van der Waals surface area (Å²) in [7, 11) is 0. The summed E-state index contributed by atoms with van der Waals surface area (Å²) < 4.78 is 0. The van der Waals surface area contributed by atoms with Crippen LogP contribution in [0.1, 0.15) is 90.4 Å². The summed E-state index contributed by atoms with van der Waals surface area (Å²) in [4.78, 5) is 10.5. The van der Waals surface area contributed by atoms with E-state index in [2.05, 4.69) is 6.92 Å². The third-order valence-corrected chi connectivity index (χ3v) is 4.71. The second-order valence-electron chi connectivity index (χ2n) is 5.72. The summed E-state index contributed by atoms with van der Waals surface area (Å²) in [6, 6.07) is 0. The van der Waals surface area contributed by atoms with Crippen LogP contribution in [-0.2, 0) is 4.79 Å². The molecule has 0 fully saturated rings. The maximum absolute atomic E-state index is 10.5. The average Bonchev–Trinajstić information content (AvgIpc) is 2.43. The van der Waals surface area contributed by atoms with Crippen LogP contribution in [0.3, 0.4) is 0 Å². The summed E-state index contributed by atoms with van der Waals surface area (Å²) in [5.41, 5.74) is 5.09. The molecule has 0 heterocycles. The van der Waals surface area contributed by atoms with Crippen LogP contribution in [0, 0.1) is 0 Å². The molecule has 0 aromatic rings. The standard InChI is InChI=1S/C17H35NOS/c1-2-3-4-5-6-7-8-9-10-11-12-13-15-20-16-14-17(18)19/h2-16H2,1H3,(H2,18,19). The number of carbonyl (C=O) groups excluding carboxylic acids is 1. The van der Waals surface area contributed by atoms with E-state index in [1.807, 2.05) is 11.8 Å². The van der Waals surface area contributed by atoms with Gasteiger partial charge in [0.15, 0.2) is 0 Å². The molecule has 20 heavy (non-hydrogen) atoms. The summed E-state index contributed by atoms with van der Waals surface area (Å²) in [6.45, 7) is 2.27. The van der Waals surface area contributed by atoms with Crippen molar-refractivity contribution in [2.75, 3.05) is 11.5 Å². The van der Waals surface area contributed by atoms with E-state index in [9.17, 15) is 4.79 Å². The largest absolute Gasteiger partial charge is 0.370 e. The molecule has 0 saturated carbocycles. The van der Waals surface area contributed by atoms with E-state index in [0.29, 0.717) is 6.42 Å². The van der Waals surface area contributed by atoms with Crippen molar-refractivity contribution in [2.45, 2.75) is 90.4 Å². The molecule has 0 aromatic heterocycles. The van der Waals surface area contributed by atoms with Gasteiger partial charge in [-0.1, -0.05) is 77.6 Å². The lowest BCUT2D eigenvalue weighted by atomic mass is 10.1. The van der Waals surface area contributed by atoms with Crippen molar-refractivity contribution in [1.82, 2.24) is 0 Å². The lowest BCUT2D eigenvalue weighted by molar-refractivity contribution is -0.117. The molecular formula is C17H35NOS. The van der Waals surface area contributed by atoms with Crippen LogP contribution in [0.15, 0.2) is 0 Å². The number of amides is 1. The van der Waals surface area contributed by atoms with E-state index in [1.54, 1.807) is 0 Å². The molecule has 0 atom stereocenters. The number of primary amides is 1. The highest BCUT2D eigenvalue weighted by atomic mass is 32.2. The Morgan fingerprint density at radius 2 is 1.20 bits per heavy atom. The normalized spacial score (nSPS) is 10.8. The predicted molar refractivity (Wildman–Crippen MR) is 92.2 cm³/mol. The number of hydrogen-bond acceptors (Lipinski definition) is 2. The third kappa shape index (κ3) is 17.8. The Morgan fingerprint density at radius 1 is 0.750 bits per heavy atom. The van der Waals surface area contributed by atoms with E-state index in [-0.39, 0.29) is 5.91 Å². The molecule has 0 bridgehead atoms. The quantitative estimate of drug-likeness (QED) is 0.393. The topological polar surface area (TPSA) is 43.1 Å². The van der Waals surface area contributed by atoms with Crippen LogP contribution in [0.25, 0.3) is 0 Å². The van der Waals surface area contributed by atoms with Gasteiger partial charge in [-0.05, 0) is 12.2 Å². The lowest BCUT2D eigenvalue weighted by Gasteiger charge is -2.03. The molecular weight excluding hydrogens is 266 g/mol. The first-order chi connectivity index (χ1) is 9.77. The SMILES string of the molecule is CCCCCCCCCCCCCCSCCC(N)=O. The monoisotopic (exact) mass is 301 g/mol. The molecule has 2 nitrogen and oxygen atoms in total. The van der Waals surface area contributed by atoms with Crippen molar-refractivity contribution >= 4 is 17.7 Å². The van der Waals surface area contributed by atoms with Crippen molar-refractivity contribution in [2.24, 2.45) is 5.73 Å². The van der Waals surface area contributed by atoms with E-state index in [1.165, 1.54) is 82.8 Å². The van der Waals surface area contributed by atoms with Gasteiger partial charge >= 0.3 is 0 Å². The molecule has 0 aliphatic heterocycles. The molecule has 0 aliphatic rings. The number of rotatable bonds is 16. The fourth-order valence-electron chi connectivity index (χ4n) is 2.32. The Balaban J connectivity index is 2.94. The predicted octanol–water partition coefficient (Wildman–Crippen LogP) is 5.30. The summed E-state index contributed by atoms with van der Waals surface area (Å²) in [5, 5.41) is 0. The van der Waals surface area contributed by atoms with Crippen molar-refractivity contribution in [1.29, 1.82) is 0 Å². The van der Waals surface area contributed by atoms with Gasteiger partial charge in [-0.15, -0.1) is 0 Å². The molecule has 0 unspecified atom stereocenters. The van der Waals surface area contributed by atoms with Gasteiger partial charge in [0, 0.05) is 12.2 Å². The van der Waals surface area contributed by atoms with E-state index in [4.69, 9.17) is 5.73 Å².